The van der Waals surface area contributed by atoms with Crippen molar-refractivity contribution in [3.05, 3.63) is 48.3 Å². The van der Waals surface area contributed by atoms with Crippen molar-refractivity contribution >= 4 is 11.6 Å². The Balaban J connectivity index is 1.67. The maximum Gasteiger partial charge on any atom is 0.134 e. The highest BCUT2D eigenvalue weighted by atomic mass is 15.2. The first-order valence-corrected chi connectivity index (χ1v) is 6.85. The third kappa shape index (κ3) is 3.05. The van der Waals surface area contributed by atoms with Crippen LogP contribution in [0, 0.1) is 0 Å². The Morgan fingerprint density at radius 3 is 2.75 bits per heavy atom. The van der Waals surface area contributed by atoms with Crippen LogP contribution in [-0.2, 0) is 6.54 Å². The van der Waals surface area contributed by atoms with Gasteiger partial charge in [0.25, 0.3) is 0 Å². The number of aromatic nitrogens is 2. The zero-order valence-corrected chi connectivity index (χ0v) is 11.6. The topological polar surface area (TPSA) is 53.1 Å². The third-order valence-electron chi connectivity index (χ3n) is 3.44. The van der Waals surface area contributed by atoms with Gasteiger partial charge < -0.3 is 15.5 Å². The van der Waals surface area contributed by atoms with E-state index in [0.717, 1.165) is 31.3 Å². The lowest BCUT2D eigenvalue weighted by Gasteiger charge is -2.28. The molecular formula is C15H19N5. The van der Waals surface area contributed by atoms with Crippen LogP contribution < -0.4 is 15.5 Å². The Morgan fingerprint density at radius 2 is 2.05 bits per heavy atom. The second-order valence-corrected chi connectivity index (χ2v) is 5.10. The van der Waals surface area contributed by atoms with E-state index < -0.39 is 0 Å². The lowest BCUT2D eigenvalue weighted by Crippen LogP contribution is -2.51. The number of nitrogens with one attached hydrogen (secondary N) is 2. The highest BCUT2D eigenvalue weighted by Crippen LogP contribution is 2.16. The van der Waals surface area contributed by atoms with E-state index in [9.17, 15) is 0 Å². The zero-order valence-electron chi connectivity index (χ0n) is 11.6. The van der Waals surface area contributed by atoms with Crippen LogP contribution in [-0.4, -0.2) is 36.1 Å². The molecule has 1 aliphatic heterocycles. The number of benzene rings is 1. The fraction of sp³-hybridized carbons (Fsp3) is 0.333. The molecule has 0 unspecified atom stereocenters. The summed E-state index contributed by atoms with van der Waals surface area (Å²) in [7, 11) is 2.05. The first-order chi connectivity index (χ1) is 9.81. The Hall–Kier alpha value is -2.14. The lowest BCUT2D eigenvalue weighted by molar-refractivity contribution is 0.471. The van der Waals surface area contributed by atoms with Crippen molar-refractivity contribution in [2.24, 2.45) is 0 Å². The van der Waals surface area contributed by atoms with Gasteiger partial charge in [-0.25, -0.2) is 9.97 Å². The molecule has 5 heteroatoms. The fourth-order valence-corrected chi connectivity index (χ4v) is 2.17. The summed E-state index contributed by atoms with van der Waals surface area (Å²) in [6, 6.07) is 12.9. The number of rotatable bonds is 5. The quantitative estimate of drug-likeness (QED) is 0.861. The van der Waals surface area contributed by atoms with Crippen LogP contribution in [0.25, 0.3) is 0 Å². The predicted molar refractivity (Wildman–Crippen MR) is 80.9 cm³/mol. The minimum atomic E-state index is 0.483. The summed E-state index contributed by atoms with van der Waals surface area (Å²) in [5.41, 5.74) is 1.27. The van der Waals surface area contributed by atoms with E-state index in [-0.39, 0.29) is 0 Å². The second kappa shape index (κ2) is 5.88. The average molecular weight is 269 g/mol. The van der Waals surface area contributed by atoms with Gasteiger partial charge in [-0.3, -0.25) is 0 Å². The minimum Gasteiger partial charge on any atom is -0.365 e. The molecule has 0 radical (unpaired) electrons. The van der Waals surface area contributed by atoms with E-state index in [1.165, 1.54) is 5.56 Å². The summed E-state index contributed by atoms with van der Waals surface area (Å²) in [4.78, 5) is 10.7. The van der Waals surface area contributed by atoms with E-state index in [1.807, 2.05) is 19.2 Å². The Bertz CT molecular complexity index is 553. The number of hydrogen-bond donors (Lipinski definition) is 2. The van der Waals surface area contributed by atoms with Gasteiger partial charge in [0.15, 0.2) is 0 Å². The summed E-state index contributed by atoms with van der Waals surface area (Å²) in [5.74, 6) is 1.82. The van der Waals surface area contributed by atoms with Crippen molar-refractivity contribution in [1.29, 1.82) is 0 Å². The Kier molecular flexibility index (Phi) is 3.78. The maximum absolute atomic E-state index is 4.35. The summed E-state index contributed by atoms with van der Waals surface area (Å²) in [6.45, 7) is 2.83. The van der Waals surface area contributed by atoms with Crippen LogP contribution in [0.15, 0.2) is 42.7 Å². The van der Waals surface area contributed by atoms with Gasteiger partial charge in [0.1, 0.15) is 18.0 Å². The Morgan fingerprint density at radius 1 is 1.25 bits per heavy atom. The van der Waals surface area contributed by atoms with Crippen molar-refractivity contribution in [3.8, 4) is 0 Å². The van der Waals surface area contributed by atoms with Gasteiger partial charge in [-0.05, 0) is 5.56 Å². The second-order valence-electron chi connectivity index (χ2n) is 5.10. The number of hydrogen-bond acceptors (Lipinski definition) is 5. The van der Waals surface area contributed by atoms with E-state index in [1.54, 1.807) is 6.33 Å². The fourth-order valence-electron chi connectivity index (χ4n) is 2.17. The summed E-state index contributed by atoms with van der Waals surface area (Å²) in [6.07, 6.45) is 1.62. The molecule has 104 valence electrons. The van der Waals surface area contributed by atoms with Gasteiger partial charge in [-0.1, -0.05) is 30.3 Å². The molecule has 0 aliphatic carbocycles. The molecule has 1 fully saturated rings. The van der Waals surface area contributed by atoms with Gasteiger partial charge in [-0.15, -0.1) is 0 Å². The molecule has 1 aliphatic rings. The average Bonchev–Trinajstić information content (AvgIpc) is 2.44. The van der Waals surface area contributed by atoms with Crippen molar-refractivity contribution in [2.75, 3.05) is 30.4 Å². The first-order valence-electron chi connectivity index (χ1n) is 6.85. The Labute approximate surface area is 119 Å². The van der Waals surface area contributed by atoms with Crippen molar-refractivity contribution in [3.63, 3.8) is 0 Å². The molecule has 3 rings (SSSR count). The molecule has 2 N–H and O–H groups in total. The summed E-state index contributed by atoms with van der Waals surface area (Å²) >= 11 is 0. The molecule has 20 heavy (non-hydrogen) atoms. The van der Waals surface area contributed by atoms with Crippen LogP contribution in [0.2, 0.25) is 0 Å². The van der Waals surface area contributed by atoms with Crippen LogP contribution in [0.1, 0.15) is 5.56 Å². The molecule has 0 bridgehead atoms. The molecular weight excluding hydrogens is 250 g/mol. The molecule has 1 aromatic heterocycles. The molecule has 1 aromatic carbocycles. The molecule has 2 heterocycles. The highest BCUT2D eigenvalue weighted by molar-refractivity contribution is 5.49. The van der Waals surface area contributed by atoms with Gasteiger partial charge in [0, 0.05) is 32.7 Å². The highest BCUT2D eigenvalue weighted by Gasteiger charge is 2.16. The van der Waals surface area contributed by atoms with Gasteiger partial charge in [0.2, 0.25) is 0 Å². The molecule has 0 amide bonds. The van der Waals surface area contributed by atoms with Crippen LogP contribution in [0.3, 0.4) is 0 Å². The van der Waals surface area contributed by atoms with Crippen molar-refractivity contribution in [1.82, 2.24) is 15.3 Å². The SMILES string of the molecule is CN(Cc1ccccc1)c1cc(NC2CNC2)ncn1. The van der Waals surface area contributed by atoms with Gasteiger partial charge >= 0.3 is 0 Å². The van der Waals surface area contributed by atoms with E-state index in [4.69, 9.17) is 0 Å². The summed E-state index contributed by atoms with van der Waals surface area (Å²) < 4.78 is 0. The smallest absolute Gasteiger partial charge is 0.134 e. The molecule has 2 aromatic rings. The largest absolute Gasteiger partial charge is 0.365 e. The first kappa shape index (κ1) is 12.9. The van der Waals surface area contributed by atoms with E-state index in [2.05, 4.69) is 49.8 Å². The molecule has 0 atom stereocenters. The molecule has 5 nitrogen and oxygen atoms in total. The molecule has 1 saturated heterocycles. The minimum absolute atomic E-state index is 0.483. The molecule has 0 spiro atoms. The standard InChI is InChI=1S/C15H19N5/c1-20(10-12-5-3-2-4-6-12)15-7-14(17-11-18-15)19-13-8-16-9-13/h2-7,11,13,16H,8-10H2,1H3,(H,17,18,19). The van der Waals surface area contributed by atoms with Gasteiger partial charge in [0.05, 0.1) is 6.04 Å². The molecule has 0 saturated carbocycles. The number of anilines is 2. The van der Waals surface area contributed by atoms with Crippen LogP contribution >= 0.6 is 0 Å². The van der Waals surface area contributed by atoms with Crippen LogP contribution in [0.5, 0.6) is 0 Å². The van der Waals surface area contributed by atoms with Crippen molar-refractivity contribution < 1.29 is 0 Å². The number of nitrogens with zero attached hydrogens (tertiary/aromatic N) is 3. The third-order valence-corrected chi connectivity index (χ3v) is 3.44. The normalized spacial score (nSPS) is 14.7. The summed E-state index contributed by atoms with van der Waals surface area (Å²) in [5, 5.41) is 6.63. The maximum atomic E-state index is 4.35. The van der Waals surface area contributed by atoms with E-state index >= 15 is 0 Å². The lowest BCUT2D eigenvalue weighted by atomic mass is 10.2. The monoisotopic (exact) mass is 269 g/mol. The van der Waals surface area contributed by atoms with Crippen LogP contribution in [0.4, 0.5) is 11.6 Å². The van der Waals surface area contributed by atoms with E-state index in [0.29, 0.717) is 6.04 Å². The van der Waals surface area contributed by atoms with Gasteiger partial charge in [-0.2, -0.15) is 0 Å². The zero-order chi connectivity index (χ0) is 13.8. The predicted octanol–water partition coefficient (Wildman–Crippen LogP) is 1.50. The van der Waals surface area contributed by atoms with Crippen molar-refractivity contribution in [2.45, 2.75) is 12.6 Å².